The summed E-state index contributed by atoms with van der Waals surface area (Å²) in [5.74, 6) is 0.717. The van der Waals surface area contributed by atoms with Crippen molar-refractivity contribution in [2.24, 2.45) is 0 Å². The molecule has 2 rings (SSSR count). The van der Waals surface area contributed by atoms with Crippen molar-refractivity contribution >= 4 is 23.2 Å². The van der Waals surface area contributed by atoms with E-state index in [2.05, 4.69) is 15.3 Å². The molecule has 0 aliphatic rings. The number of carbonyl (C=O) groups excluding carboxylic acids is 1. The largest absolute Gasteiger partial charge is 0.497 e. The molecule has 0 radical (unpaired) electrons. The Labute approximate surface area is 146 Å². The molecule has 0 spiro atoms. The average Bonchev–Trinajstić information content (AvgIpc) is 2.53. The smallest absolute Gasteiger partial charge is 0.275 e. The van der Waals surface area contributed by atoms with Crippen molar-refractivity contribution in [3.05, 3.63) is 40.9 Å². The van der Waals surface area contributed by atoms with Crippen LogP contribution < -0.4 is 14.8 Å². The molecule has 1 aromatic heterocycles. The summed E-state index contributed by atoms with van der Waals surface area (Å²) in [5.41, 5.74) is 1.05. The molecule has 7 heteroatoms. The van der Waals surface area contributed by atoms with Gasteiger partial charge in [-0.3, -0.25) is 9.78 Å². The van der Waals surface area contributed by atoms with Crippen LogP contribution in [0, 0.1) is 0 Å². The topological polar surface area (TPSA) is 73.3 Å². The minimum absolute atomic E-state index is 0.134. The minimum atomic E-state index is -0.417. The first-order valence-electron chi connectivity index (χ1n) is 7.32. The normalized spacial score (nSPS) is 11.1. The van der Waals surface area contributed by atoms with E-state index in [1.54, 1.807) is 18.2 Å². The lowest BCUT2D eigenvalue weighted by Gasteiger charge is -2.18. The van der Waals surface area contributed by atoms with Gasteiger partial charge in [-0.25, -0.2) is 4.98 Å². The lowest BCUT2D eigenvalue weighted by atomic mass is 9.92. The van der Waals surface area contributed by atoms with Crippen LogP contribution in [-0.2, 0) is 5.41 Å². The van der Waals surface area contributed by atoms with E-state index in [4.69, 9.17) is 21.1 Å². The molecule has 2 aromatic rings. The van der Waals surface area contributed by atoms with Crippen LogP contribution in [-0.4, -0.2) is 30.1 Å². The van der Waals surface area contributed by atoms with Gasteiger partial charge in [0.1, 0.15) is 17.2 Å². The van der Waals surface area contributed by atoms with Crippen LogP contribution in [0.4, 0.5) is 5.69 Å². The van der Waals surface area contributed by atoms with Gasteiger partial charge in [-0.1, -0.05) is 32.4 Å². The average molecular weight is 350 g/mol. The van der Waals surface area contributed by atoms with Gasteiger partial charge in [-0.05, 0) is 0 Å². The van der Waals surface area contributed by atoms with Gasteiger partial charge in [0.25, 0.3) is 5.91 Å². The number of hydrogen-bond acceptors (Lipinski definition) is 5. The zero-order valence-corrected chi connectivity index (χ0v) is 15.1. The molecule has 1 N–H and O–H groups in total. The third-order valence-electron chi connectivity index (χ3n) is 3.28. The third-order valence-corrected chi connectivity index (χ3v) is 3.55. The van der Waals surface area contributed by atoms with E-state index < -0.39 is 5.91 Å². The van der Waals surface area contributed by atoms with Crippen molar-refractivity contribution in [3.63, 3.8) is 0 Å². The molecule has 0 bridgehead atoms. The van der Waals surface area contributed by atoms with E-state index in [0.29, 0.717) is 22.9 Å². The van der Waals surface area contributed by atoms with E-state index in [1.807, 2.05) is 20.8 Å². The molecule has 0 saturated heterocycles. The van der Waals surface area contributed by atoms with E-state index in [1.165, 1.54) is 20.4 Å². The molecule has 128 valence electrons. The summed E-state index contributed by atoms with van der Waals surface area (Å²) < 4.78 is 10.4. The van der Waals surface area contributed by atoms with Gasteiger partial charge in [0.2, 0.25) is 0 Å². The molecule has 0 saturated carbocycles. The second kappa shape index (κ2) is 7.05. The molecule has 6 nitrogen and oxygen atoms in total. The lowest BCUT2D eigenvalue weighted by Crippen LogP contribution is -2.19. The molecule has 0 fully saturated rings. The van der Waals surface area contributed by atoms with Crippen molar-refractivity contribution < 1.29 is 14.3 Å². The van der Waals surface area contributed by atoms with Gasteiger partial charge in [0.15, 0.2) is 5.15 Å². The Morgan fingerprint density at radius 1 is 1.12 bits per heavy atom. The first-order chi connectivity index (χ1) is 11.2. The molecule has 24 heavy (non-hydrogen) atoms. The number of nitrogens with zero attached hydrogens (tertiary/aromatic N) is 2. The van der Waals surface area contributed by atoms with Gasteiger partial charge >= 0.3 is 0 Å². The van der Waals surface area contributed by atoms with Gasteiger partial charge in [0.05, 0.1) is 26.1 Å². The van der Waals surface area contributed by atoms with Crippen LogP contribution in [0.2, 0.25) is 5.15 Å². The zero-order valence-electron chi connectivity index (χ0n) is 14.3. The predicted molar refractivity (Wildman–Crippen MR) is 93.2 cm³/mol. The second-order valence-corrected chi connectivity index (χ2v) is 6.56. The SMILES string of the molecule is COc1cc(NC(=O)c2cnc(C(C)(C)C)c(Cl)n2)cc(OC)c1. The molecule has 1 amide bonds. The fourth-order valence-electron chi connectivity index (χ4n) is 2.05. The number of methoxy groups -OCH3 is 2. The zero-order chi connectivity index (χ0) is 17.9. The standard InChI is InChI=1S/C17H20ClN3O3/c1-17(2,3)14-15(18)21-13(9-19-14)16(22)20-10-6-11(23-4)8-12(7-10)24-5/h6-9H,1-5H3,(H,20,22). The summed E-state index contributed by atoms with van der Waals surface area (Å²) in [6.07, 6.45) is 1.42. The molecule has 0 unspecified atom stereocenters. The van der Waals surface area contributed by atoms with Crippen molar-refractivity contribution in [3.8, 4) is 11.5 Å². The van der Waals surface area contributed by atoms with E-state index >= 15 is 0 Å². The number of halogens is 1. The molecular weight excluding hydrogens is 330 g/mol. The summed E-state index contributed by atoms with van der Waals surface area (Å²) >= 11 is 6.16. The monoisotopic (exact) mass is 349 g/mol. The molecule has 0 atom stereocenters. The Kier molecular flexibility index (Phi) is 5.29. The summed E-state index contributed by atoms with van der Waals surface area (Å²) in [5, 5.41) is 2.95. The fourth-order valence-corrected chi connectivity index (χ4v) is 2.48. The maximum atomic E-state index is 12.4. The Balaban J connectivity index is 2.26. The van der Waals surface area contributed by atoms with Crippen molar-refractivity contribution in [1.82, 2.24) is 9.97 Å². The highest BCUT2D eigenvalue weighted by Gasteiger charge is 2.22. The summed E-state index contributed by atoms with van der Waals surface area (Å²) in [6.45, 7) is 5.93. The lowest BCUT2D eigenvalue weighted by molar-refractivity contribution is 0.102. The van der Waals surface area contributed by atoms with E-state index in [0.717, 1.165) is 0 Å². The third kappa shape index (κ3) is 4.14. The number of hydrogen-bond donors (Lipinski definition) is 1. The van der Waals surface area contributed by atoms with E-state index in [9.17, 15) is 4.79 Å². The number of benzene rings is 1. The first-order valence-corrected chi connectivity index (χ1v) is 7.70. The number of rotatable bonds is 4. The molecule has 1 aromatic carbocycles. The van der Waals surface area contributed by atoms with Crippen LogP contribution in [0.1, 0.15) is 37.0 Å². The van der Waals surface area contributed by atoms with Crippen molar-refractivity contribution in [1.29, 1.82) is 0 Å². The van der Waals surface area contributed by atoms with Crippen LogP contribution in [0.3, 0.4) is 0 Å². The van der Waals surface area contributed by atoms with Gasteiger partial charge < -0.3 is 14.8 Å². The number of carbonyl (C=O) groups is 1. The Bertz CT molecular complexity index is 735. The number of ether oxygens (including phenoxy) is 2. The minimum Gasteiger partial charge on any atom is -0.497 e. The summed E-state index contributed by atoms with van der Waals surface area (Å²) in [4.78, 5) is 20.8. The Morgan fingerprint density at radius 2 is 1.71 bits per heavy atom. The number of nitrogens with one attached hydrogen (secondary N) is 1. The highest BCUT2D eigenvalue weighted by atomic mass is 35.5. The van der Waals surface area contributed by atoms with Crippen LogP contribution >= 0.6 is 11.6 Å². The van der Waals surface area contributed by atoms with Crippen molar-refractivity contribution in [2.75, 3.05) is 19.5 Å². The van der Waals surface area contributed by atoms with Gasteiger partial charge in [-0.2, -0.15) is 0 Å². The summed E-state index contributed by atoms with van der Waals surface area (Å²) in [7, 11) is 3.08. The number of amides is 1. The van der Waals surface area contributed by atoms with Crippen LogP contribution in [0.25, 0.3) is 0 Å². The van der Waals surface area contributed by atoms with Gasteiger partial charge in [0, 0.05) is 29.3 Å². The first kappa shape index (κ1) is 18.0. The molecular formula is C17H20ClN3O3. The predicted octanol–water partition coefficient (Wildman–Crippen LogP) is 3.70. The van der Waals surface area contributed by atoms with Crippen molar-refractivity contribution in [2.45, 2.75) is 26.2 Å². The summed E-state index contributed by atoms with van der Waals surface area (Å²) in [6, 6.07) is 5.07. The maximum Gasteiger partial charge on any atom is 0.275 e. The van der Waals surface area contributed by atoms with Gasteiger partial charge in [-0.15, -0.1) is 0 Å². The quantitative estimate of drug-likeness (QED) is 0.911. The van der Waals surface area contributed by atoms with Crippen LogP contribution in [0.5, 0.6) is 11.5 Å². The molecule has 0 aliphatic heterocycles. The molecule has 0 aliphatic carbocycles. The molecule has 1 heterocycles. The number of aromatic nitrogens is 2. The van der Waals surface area contributed by atoms with E-state index in [-0.39, 0.29) is 16.3 Å². The highest BCUT2D eigenvalue weighted by Crippen LogP contribution is 2.27. The second-order valence-electron chi connectivity index (χ2n) is 6.20. The fraction of sp³-hybridized carbons (Fsp3) is 0.353. The highest BCUT2D eigenvalue weighted by molar-refractivity contribution is 6.30. The van der Waals surface area contributed by atoms with Crippen LogP contribution in [0.15, 0.2) is 24.4 Å². The number of anilines is 1. The maximum absolute atomic E-state index is 12.4. The Hall–Kier alpha value is -2.34. The Morgan fingerprint density at radius 3 is 2.17 bits per heavy atom.